The summed E-state index contributed by atoms with van der Waals surface area (Å²) in [7, 11) is 0. The molecular formula is C21H28BrN3O2. The van der Waals surface area contributed by atoms with Gasteiger partial charge < -0.3 is 9.64 Å². The fourth-order valence-corrected chi connectivity index (χ4v) is 6.54. The number of rotatable bonds is 2. The van der Waals surface area contributed by atoms with E-state index in [1.807, 2.05) is 12.3 Å². The topological polar surface area (TPSA) is 45.7 Å². The quantitative estimate of drug-likeness (QED) is 0.668. The Morgan fingerprint density at radius 2 is 2.00 bits per heavy atom. The van der Waals surface area contributed by atoms with Crippen molar-refractivity contribution in [3.63, 3.8) is 0 Å². The summed E-state index contributed by atoms with van der Waals surface area (Å²) < 4.78 is 5.69. The van der Waals surface area contributed by atoms with Crippen LogP contribution in [0.1, 0.15) is 57.6 Å². The van der Waals surface area contributed by atoms with Gasteiger partial charge in [0.2, 0.25) is 5.91 Å². The van der Waals surface area contributed by atoms with Gasteiger partial charge in [0.1, 0.15) is 5.01 Å². The molecule has 0 radical (unpaired) electrons. The van der Waals surface area contributed by atoms with Crippen molar-refractivity contribution in [1.29, 1.82) is 0 Å². The van der Waals surface area contributed by atoms with Gasteiger partial charge in [0, 0.05) is 30.8 Å². The molecule has 1 amide bonds. The van der Waals surface area contributed by atoms with Gasteiger partial charge in [-0.25, -0.2) is 0 Å². The van der Waals surface area contributed by atoms with Gasteiger partial charge in [-0.05, 0) is 64.3 Å². The number of pyridine rings is 1. The molecule has 0 N–H and O–H groups in total. The lowest BCUT2D eigenvalue weighted by Gasteiger charge is -2.56. The molecule has 4 aliphatic rings. The largest absolute Gasteiger partial charge is 0.367 e. The minimum atomic E-state index is -0.514. The van der Waals surface area contributed by atoms with Crippen molar-refractivity contribution in [3.8, 4) is 0 Å². The molecule has 3 aliphatic heterocycles. The fraction of sp³-hybridized carbons (Fsp3) is 0.714. The third kappa shape index (κ3) is 2.70. The van der Waals surface area contributed by atoms with Gasteiger partial charge >= 0.3 is 0 Å². The predicted octanol–water partition coefficient (Wildman–Crippen LogP) is 3.60. The highest BCUT2D eigenvalue weighted by atomic mass is 79.9. The molecule has 0 bridgehead atoms. The molecule has 6 heteroatoms. The number of fused-ring (bicyclic) bond motifs is 2. The van der Waals surface area contributed by atoms with Crippen LogP contribution in [0.3, 0.4) is 0 Å². The average Bonchev–Trinajstić information content (AvgIpc) is 2.88. The first kappa shape index (κ1) is 18.1. The lowest BCUT2D eigenvalue weighted by atomic mass is 9.71. The van der Waals surface area contributed by atoms with Gasteiger partial charge in [0.25, 0.3) is 0 Å². The predicted molar refractivity (Wildman–Crippen MR) is 108 cm³/mol. The number of hydrogen-bond acceptors (Lipinski definition) is 4. The monoisotopic (exact) mass is 433 g/mol. The molecule has 3 fully saturated rings. The van der Waals surface area contributed by atoms with E-state index >= 15 is 0 Å². The maximum Gasteiger partial charge on any atom is 0.239 e. The Morgan fingerprint density at radius 3 is 2.74 bits per heavy atom. The van der Waals surface area contributed by atoms with Crippen molar-refractivity contribution < 1.29 is 9.53 Å². The summed E-state index contributed by atoms with van der Waals surface area (Å²) in [5.41, 5.74) is 1.74. The number of likely N-dealkylation sites (tertiary alicyclic amines) is 1. The normalized spacial score (nSPS) is 39.5. The van der Waals surface area contributed by atoms with Crippen molar-refractivity contribution in [2.75, 3.05) is 24.6 Å². The van der Waals surface area contributed by atoms with Gasteiger partial charge in [0.15, 0.2) is 0 Å². The molecule has 1 saturated carbocycles. The minimum Gasteiger partial charge on any atom is -0.367 e. The van der Waals surface area contributed by atoms with E-state index in [1.165, 1.54) is 32.4 Å². The molecular weight excluding hydrogens is 406 g/mol. The van der Waals surface area contributed by atoms with Crippen LogP contribution >= 0.6 is 15.9 Å². The Hall–Kier alpha value is -0.980. The molecule has 0 aromatic carbocycles. The Labute approximate surface area is 169 Å². The number of alkyl halides is 1. The van der Waals surface area contributed by atoms with E-state index in [0.717, 1.165) is 30.6 Å². The summed E-state index contributed by atoms with van der Waals surface area (Å²) in [5, 5.41) is -0.0787. The first-order valence-corrected chi connectivity index (χ1v) is 11.2. The van der Waals surface area contributed by atoms with Gasteiger partial charge in [-0.3, -0.25) is 14.7 Å². The highest BCUT2D eigenvalue weighted by molar-refractivity contribution is 9.09. The van der Waals surface area contributed by atoms with Crippen molar-refractivity contribution in [1.82, 2.24) is 9.88 Å². The van der Waals surface area contributed by atoms with E-state index in [9.17, 15) is 4.79 Å². The minimum absolute atomic E-state index is 0.0787. The van der Waals surface area contributed by atoms with Crippen molar-refractivity contribution >= 4 is 27.5 Å². The van der Waals surface area contributed by atoms with Crippen molar-refractivity contribution in [2.24, 2.45) is 0 Å². The molecule has 2 atom stereocenters. The molecule has 2 unspecified atom stereocenters. The smallest absolute Gasteiger partial charge is 0.239 e. The second-order valence-electron chi connectivity index (χ2n) is 8.97. The van der Waals surface area contributed by atoms with Crippen LogP contribution in [-0.4, -0.2) is 52.1 Å². The van der Waals surface area contributed by atoms with Crippen LogP contribution < -0.4 is 4.90 Å². The number of carbonyl (C=O) groups excluding carboxylic acids is 1. The van der Waals surface area contributed by atoms with E-state index in [4.69, 9.17) is 4.74 Å². The van der Waals surface area contributed by atoms with E-state index in [1.54, 1.807) is 0 Å². The van der Waals surface area contributed by atoms with Crippen LogP contribution in [0.25, 0.3) is 0 Å². The molecule has 1 aromatic rings. The standard InChI is InChI=1S/C21H28BrN3O2/c1-20(24-9-3-2-4-10-24)12-15(13-20)25-16-6-5-8-23-18(16)21(19(25)26)7-11-27-17(22)14-21/h5-6,8,15,17H,2-4,7,9-14H2,1H3. The summed E-state index contributed by atoms with van der Waals surface area (Å²) >= 11 is 3.58. The summed E-state index contributed by atoms with van der Waals surface area (Å²) in [6.45, 7) is 5.41. The van der Waals surface area contributed by atoms with Gasteiger partial charge in [-0.2, -0.15) is 0 Å². The van der Waals surface area contributed by atoms with Crippen LogP contribution in [-0.2, 0) is 14.9 Å². The SMILES string of the molecule is CC1(N2CCCCC2)CC(N2C(=O)C3(CCOC(Br)C3)c3ncccc32)C1. The summed E-state index contributed by atoms with van der Waals surface area (Å²) in [5.74, 6) is 0.245. The molecule has 5 rings (SSSR count). The molecule has 5 nitrogen and oxygen atoms in total. The zero-order valence-electron chi connectivity index (χ0n) is 16.0. The van der Waals surface area contributed by atoms with Crippen LogP contribution in [0.2, 0.25) is 0 Å². The number of halogens is 1. The molecule has 146 valence electrons. The molecule has 4 heterocycles. The fourth-order valence-electron chi connectivity index (χ4n) is 5.80. The number of nitrogens with zero attached hydrogens (tertiary/aromatic N) is 3. The third-order valence-corrected chi connectivity index (χ3v) is 7.89. The van der Waals surface area contributed by atoms with Crippen LogP contribution in [0.15, 0.2) is 18.3 Å². The second kappa shape index (κ2) is 6.53. The second-order valence-corrected chi connectivity index (χ2v) is 9.99. The number of aromatic nitrogens is 1. The summed E-state index contributed by atoms with van der Waals surface area (Å²) in [6, 6.07) is 4.35. The van der Waals surface area contributed by atoms with Gasteiger partial charge in [-0.1, -0.05) is 22.4 Å². The maximum atomic E-state index is 13.7. The third-order valence-electron chi connectivity index (χ3n) is 7.30. The van der Waals surface area contributed by atoms with Crippen LogP contribution in [0.4, 0.5) is 5.69 Å². The van der Waals surface area contributed by atoms with Crippen LogP contribution in [0.5, 0.6) is 0 Å². The number of carbonyl (C=O) groups is 1. The lowest BCUT2D eigenvalue weighted by molar-refractivity contribution is -0.128. The average molecular weight is 434 g/mol. The molecule has 1 aromatic heterocycles. The zero-order valence-corrected chi connectivity index (χ0v) is 17.6. The first-order chi connectivity index (χ1) is 13.0. The van der Waals surface area contributed by atoms with Gasteiger partial charge in [-0.15, -0.1) is 0 Å². The number of hydrogen-bond donors (Lipinski definition) is 0. The maximum absolute atomic E-state index is 13.7. The summed E-state index contributed by atoms with van der Waals surface area (Å²) in [4.78, 5) is 23.2. The van der Waals surface area contributed by atoms with E-state index in [0.29, 0.717) is 19.1 Å². The van der Waals surface area contributed by atoms with Crippen molar-refractivity contribution in [3.05, 3.63) is 24.0 Å². The molecule has 27 heavy (non-hydrogen) atoms. The molecule has 1 aliphatic carbocycles. The number of ether oxygens (including phenoxy) is 1. The number of anilines is 1. The zero-order chi connectivity index (χ0) is 18.6. The number of piperidine rings is 1. The summed E-state index contributed by atoms with van der Waals surface area (Å²) in [6.07, 6.45) is 9.34. The Kier molecular flexibility index (Phi) is 4.37. The van der Waals surface area contributed by atoms with Crippen molar-refractivity contribution in [2.45, 2.75) is 73.9 Å². The lowest BCUT2D eigenvalue weighted by Crippen LogP contribution is -2.64. The number of amides is 1. The van der Waals surface area contributed by atoms with Crippen LogP contribution in [0, 0.1) is 0 Å². The molecule has 2 saturated heterocycles. The first-order valence-electron chi connectivity index (χ1n) is 10.3. The highest BCUT2D eigenvalue weighted by Gasteiger charge is 2.59. The van der Waals surface area contributed by atoms with E-state index in [-0.39, 0.29) is 16.5 Å². The van der Waals surface area contributed by atoms with Gasteiger partial charge in [0.05, 0.1) is 16.8 Å². The molecule has 1 spiro atoms. The Bertz CT molecular complexity index is 745. The Balaban J connectivity index is 1.42. The highest BCUT2D eigenvalue weighted by Crippen LogP contribution is 2.53. The van der Waals surface area contributed by atoms with E-state index in [2.05, 4.69) is 43.7 Å². The van der Waals surface area contributed by atoms with E-state index < -0.39 is 5.41 Å². The Morgan fingerprint density at radius 1 is 1.22 bits per heavy atom.